The van der Waals surface area contributed by atoms with Gasteiger partial charge in [-0.15, -0.1) is 0 Å². The van der Waals surface area contributed by atoms with Crippen molar-refractivity contribution in [1.29, 1.82) is 0 Å². The molecule has 174 valence electrons. The maximum Gasteiger partial charge on any atom is 0.261 e. The number of hydrogen-bond acceptors (Lipinski definition) is 5. The molecule has 1 aliphatic rings. The van der Waals surface area contributed by atoms with Gasteiger partial charge < -0.3 is 14.8 Å². The molecule has 0 saturated carbocycles. The van der Waals surface area contributed by atoms with Crippen molar-refractivity contribution in [3.05, 3.63) is 94.5 Å². The SMILES string of the molecule is CCOc1ccc(C(C)NC(=O)c2cc(CN3C(=O)c4ccccc4C3=O)ccc2OC)cc1. The Hall–Kier alpha value is -4.13. The third-order valence-electron chi connectivity index (χ3n) is 5.77. The number of methoxy groups -OCH3 is 1. The molecule has 3 amide bonds. The first-order valence-corrected chi connectivity index (χ1v) is 11.1. The molecule has 0 aromatic heterocycles. The van der Waals surface area contributed by atoms with Crippen LogP contribution >= 0.6 is 0 Å². The minimum absolute atomic E-state index is 0.0606. The average Bonchev–Trinajstić information content (AvgIpc) is 3.09. The van der Waals surface area contributed by atoms with Gasteiger partial charge in [-0.05, 0) is 61.4 Å². The molecule has 3 aromatic rings. The van der Waals surface area contributed by atoms with Crippen LogP contribution < -0.4 is 14.8 Å². The highest BCUT2D eigenvalue weighted by molar-refractivity contribution is 6.21. The highest BCUT2D eigenvalue weighted by atomic mass is 16.5. The number of amides is 3. The van der Waals surface area contributed by atoms with Gasteiger partial charge in [-0.25, -0.2) is 0 Å². The average molecular weight is 459 g/mol. The van der Waals surface area contributed by atoms with Crippen molar-refractivity contribution in [1.82, 2.24) is 10.2 Å². The molecule has 0 radical (unpaired) electrons. The topological polar surface area (TPSA) is 84.9 Å². The van der Waals surface area contributed by atoms with Crippen LogP contribution in [0.4, 0.5) is 0 Å². The van der Waals surface area contributed by atoms with E-state index in [4.69, 9.17) is 9.47 Å². The molecule has 1 aliphatic heterocycles. The van der Waals surface area contributed by atoms with Crippen molar-refractivity contribution in [2.45, 2.75) is 26.4 Å². The Labute approximate surface area is 198 Å². The molecule has 0 spiro atoms. The van der Waals surface area contributed by atoms with E-state index in [1.165, 1.54) is 12.0 Å². The van der Waals surface area contributed by atoms with Crippen LogP contribution in [0.5, 0.6) is 11.5 Å². The maximum absolute atomic E-state index is 13.1. The lowest BCUT2D eigenvalue weighted by atomic mass is 10.1. The summed E-state index contributed by atoms with van der Waals surface area (Å²) in [5.74, 6) is 0.176. The van der Waals surface area contributed by atoms with Crippen molar-refractivity contribution in [2.75, 3.05) is 13.7 Å². The molecule has 0 saturated heterocycles. The zero-order valence-electron chi connectivity index (χ0n) is 19.3. The summed E-state index contributed by atoms with van der Waals surface area (Å²) < 4.78 is 10.9. The molecule has 7 heteroatoms. The normalized spacial score (nSPS) is 13.4. The van der Waals surface area contributed by atoms with Crippen LogP contribution in [0.15, 0.2) is 66.7 Å². The number of carbonyl (C=O) groups excluding carboxylic acids is 3. The number of benzene rings is 3. The number of fused-ring (bicyclic) bond motifs is 1. The lowest BCUT2D eigenvalue weighted by molar-refractivity contribution is 0.0642. The maximum atomic E-state index is 13.1. The Morgan fingerprint density at radius 2 is 1.62 bits per heavy atom. The van der Waals surface area contributed by atoms with Crippen LogP contribution in [-0.4, -0.2) is 36.3 Å². The third-order valence-corrected chi connectivity index (χ3v) is 5.77. The third kappa shape index (κ3) is 4.50. The monoisotopic (exact) mass is 458 g/mol. The second-order valence-corrected chi connectivity index (χ2v) is 7.97. The van der Waals surface area contributed by atoms with Crippen LogP contribution in [0.1, 0.15) is 62.1 Å². The van der Waals surface area contributed by atoms with E-state index < -0.39 is 0 Å². The van der Waals surface area contributed by atoms with Gasteiger partial charge in [-0.3, -0.25) is 19.3 Å². The number of nitrogens with zero attached hydrogens (tertiary/aromatic N) is 1. The molecule has 3 aromatic carbocycles. The molecular weight excluding hydrogens is 432 g/mol. The first-order chi connectivity index (χ1) is 16.4. The molecule has 34 heavy (non-hydrogen) atoms. The van der Waals surface area contributed by atoms with Crippen LogP contribution in [0, 0.1) is 0 Å². The number of nitrogens with one attached hydrogen (secondary N) is 1. The molecule has 7 nitrogen and oxygen atoms in total. The van der Waals surface area contributed by atoms with E-state index in [0.717, 1.165) is 11.3 Å². The lowest BCUT2D eigenvalue weighted by Crippen LogP contribution is -2.30. The van der Waals surface area contributed by atoms with Crippen molar-refractivity contribution < 1.29 is 23.9 Å². The van der Waals surface area contributed by atoms with Crippen LogP contribution in [0.2, 0.25) is 0 Å². The largest absolute Gasteiger partial charge is 0.496 e. The van der Waals surface area contributed by atoms with Gasteiger partial charge in [0.05, 0.1) is 43.0 Å². The van der Waals surface area contributed by atoms with Gasteiger partial charge >= 0.3 is 0 Å². The predicted octanol–water partition coefficient (Wildman–Crippen LogP) is 4.38. The first-order valence-electron chi connectivity index (χ1n) is 11.1. The number of carbonyl (C=O) groups is 3. The Bertz CT molecular complexity index is 1200. The van der Waals surface area contributed by atoms with E-state index in [1.54, 1.807) is 42.5 Å². The lowest BCUT2D eigenvalue weighted by Gasteiger charge is -2.18. The predicted molar refractivity (Wildman–Crippen MR) is 127 cm³/mol. The molecule has 0 fully saturated rings. The van der Waals surface area contributed by atoms with E-state index >= 15 is 0 Å². The summed E-state index contributed by atoms with van der Waals surface area (Å²) in [6.07, 6.45) is 0. The van der Waals surface area contributed by atoms with E-state index in [9.17, 15) is 14.4 Å². The zero-order chi connectivity index (χ0) is 24.2. The van der Waals surface area contributed by atoms with Gasteiger partial charge in [0.25, 0.3) is 17.7 Å². The molecule has 0 aliphatic carbocycles. The molecule has 1 heterocycles. The summed E-state index contributed by atoms with van der Waals surface area (Å²) in [5, 5.41) is 2.98. The molecular formula is C27H26N2O5. The minimum atomic E-state index is -0.341. The summed E-state index contributed by atoms with van der Waals surface area (Å²) in [6, 6.07) is 19.1. The van der Waals surface area contributed by atoms with E-state index in [1.807, 2.05) is 38.1 Å². The number of hydrogen-bond donors (Lipinski definition) is 1. The zero-order valence-corrected chi connectivity index (χ0v) is 19.3. The number of rotatable bonds is 8. The molecule has 4 rings (SSSR count). The van der Waals surface area contributed by atoms with Crippen molar-refractivity contribution in [2.24, 2.45) is 0 Å². The van der Waals surface area contributed by atoms with Crippen LogP contribution in [0.3, 0.4) is 0 Å². The van der Waals surface area contributed by atoms with Crippen molar-refractivity contribution >= 4 is 17.7 Å². The minimum Gasteiger partial charge on any atom is -0.496 e. The molecule has 0 bridgehead atoms. The summed E-state index contributed by atoms with van der Waals surface area (Å²) in [7, 11) is 1.49. The van der Waals surface area contributed by atoms with Gasteiger partial charge in [0.1, 0.15) is 11.5 Å². The second kappa shape index (κ2) is 9.79. The number of imide groups is 1. The van der Waals surface area contributed by atoms with E-state index in [0.29, 0.717) is 34.6 Å². The summed E-state index contributed by atoms with van der Waals surface area (Å²) >= 11 is 0. The van der Waals surface area contributed by atoms with Crippen LogP contribution in [0.25, 0.3) is 0 Å². The fraction of sp³-hybridized carbons (Fsp3) is 0.222. The Kier molecular flexibility index (Phi) is 6.63. The summed E-state index contributed by atoms with van der Waals surface area (Å²) in [5.41, 5.74) is 2.69. The van der Waals surface area contributed by atoms with Gasteiger partial charge in [-0.2, -0.15) is 0 Å². The van der Waals surface area contributed by atoms with E-state index in [-0.39, 0.29) is 30.3 Å². The highest BCUT2D eigenvalue weighted by Crippen LogP contribution is 2.27. The highest BCUT2D eigenvalue weighted by Gasteiger charge is 2.35. The number of ether oxygens (including phenoxy) is 2. The molecule has 1 N–H and O–H groups in total. The van der Waals surface area contributed by atoms with Crippen molar-refractivity contribution in [3.8, 4) is 11.5 Å². The quantitative estimate of drug-likeness (QED) is 0.507. The Morgan fingerprint density at radius 1 is 0.971 bits per heavy atom. The second-order valence-electron chi connectivity index (χ2n) is 7.97. The Morgan fingerprint density at radius 3 is 2.21 bits per heavy atom. The first kappa shape index (κ1) is 23.0. The Balaban J connectivity index is 1.51. The standard InChI is InChI=1S/C27H26N2O5/c1-4-34-20-12-10-19(11-13-20)17(2)28-25(30)23-15-18(9-14-24(23)33-3)16-29-26(31)21-7-5-6-8-22(21)27(29)32/h5-15,17H,4,16H2,1-3H3,(H,28,30). The van der Waals surface area contributed by atoms with Gasteiger partial charge in [0, 0.05) is 0 Å². The van der Waals surface area contributed by atoms with E-state index in [2.05, 4.69) is 5.32 Å². The van der Waals surface area contributed by atoms with Crippen LogP contribution in [-0.2, 0) is 6.54 Å². The van der Waals surface area contributed by atoms with Gasteiger partial charge in [0.15, 0.2) is 0 Å². The van der Waals surface area contributed by atoms with Crippen molar-refractivity contribution in [3.63, 3.8) is 0 Å². The van der Waals surface area contributed by atoms with Gasteiger partial charge in [-0.1, -0.05) is 30.3 Å². The molecule has 1 unspecified atom stereocenters. The molecule has 1 atom stereocenters. The van der Waals surface area contributed by atoms with Gasteiger partial charge in [0.2, 0.25) is 0 Å². The fourth-order valence-corrected chi connectivity index (χ4v) is 3.97. The smallest absolute Gasteiger partial charge is 0.261 e. The fourth-order valence-electron chi connectivity index (χ4n) is 3.97. The summed E-state index contributed by atoms with van der Waals surface area (Å²) in [4.78, 5) is 39.7. The summed E-state index contributed by atoms with van der Waals surface area (Å²) in [6.45, 7) is 4.46.